The number of aromatic nitrogens is 2. The summed E-state index contributed by atoms with van der Waals surface area (Å²) in [6, 6.07) is 15.4. The van der Waals surface area contributed by atoms with Crippen molar-refractivity contribution in [2.24, 2.45) is 0 Å². The molecule has 1 fully saturated rings. The molecule has 0 saturated carbocycles. The molecular formula is C32H39N7O2. The minimum Gasteiger partial charge on any atom is -0.459 e. The van der Waals surface area contributed by atoms with Crippen molar-refractivity contribution in [1.29, 1.82) is 5.26 Å². The van der Waals surface area contributed by atoms with Crippen molar-refractivity contribution in [3.63, 3.8) is 0 Å². The fourth-order valence-electron chi connectivity index (χ4n) is 6.07. The summed E-state index contributed by atoms with van der Waals surface area (Å²) in [5.41, 5.74) is 4.51. The van der Waals surface area contributed by atoms with Crippen molar-refractivity contribution in [3.8, 4) is 12.1 Å². The fraction of sp³-hybridized carbons (Fsp3) is 0.438. The summed E-state index contributed by atoms with van der Waals surface area (Å²) < 4.78 is 6.26. The van der Waals surface area contributed by atoms with E-state index >= 15 is 0 Å². The smallest absolute Gasteiger partial charge is 0.318 e. The number of hydrogen-bond acceptors (Lipinski definition) is 8. The SMILES string of the molecule is C=CC(=O)N1CCN(c2nc(O[C@H](C)CN(C)C)nc3c2CCN(c2cc(C)cc4ccccc24)C3)CC1CC#N. The molecule has 2 atom stereocenters. The Morgan fingerprint density at radius 3 is 2.78 bits per heavy atom. The normalized spacial score (nSPS) is 17.8. The van der Waals surface area contributed by atoms with Crippen LogP contribution >= 0.6 is 0 Å². The van der Waals surface area contributed by atoms with Gasteiger partial charge < -0.3 is 24.3 Å². The molecule has 3 aromatic rings. The molecule has 1 unspecified atom stereocenters. The number of rotatable bonds is 8. The first-order valence-corrected chi connectivity index (χ1v) is 14.3. The Kier molecular flexibility index (Phi) is 8.41. The number of ether oxygens (including phenoxy) is 1. The van der Waals surface area contributed by atoms with Crippen LogP contribution in [0.5, 0.6) is 6.01 Å². The van der Waals surface area contributed by atoms with Crippen LogP contribution in [0.25, 0.3) is 10.8 Å². The van der Waals surface area contributed by atoms with E-state index in [0.29, 0.717) is 32.2 Å². The lowest BCUT2D eigenvalue weighted by Crippen LogP contribution is -2.55. The van der Waals surface area contributed by atoms with Crippen LogP contribution in [0.2, 0.25) is 0 Å². The van der Waals surface area contributed by atoms with Gasteiger partial charge in [-0.1, -0.05) is 36.9 Å². The van der Waals surface area contributed by atoms with Crippen LogP contribution < -0.4 is 14.5 Å². The Morgan fingerprint density at radius 2 is 2.02 bits per heavy atom. The van der Waals surface area contributed by atoms with Crippen molar-refractivity contribution >= 4 is 28.2 Å². The van der Waals surface area contributed by atoms with Crippen LogP contribution in [-0.2, 0) is 17.8 Å². The predicted octanol–water partition coefficient (Wildman–Crippen LogP) is 3.95. The van der Waals surface area contributed by atoms with Gasteiger partial charge >= 0.3 is 6.01 Å². The molecule has 1 saturated heterocycles. The van der Waals surface area contributed by atoms with Crippen LogP contribution in [0.4, 0.5) is 11.5 Å². The van der Waals surface area contributed by atoms with E-state index in [2.05, 4.69) is 70.7 Å². The van der Waals surface area contributed by atoms with Gasteiger partial charge in [-0.15, -0.1) is 0 Å². The van der Waals surface area contributed by atoms with Crippen molar-refractivity contribution in [2.45, 2.75) is 45.4 Å². The maximum Gasteiger partial charge on any atom is 0.318 e. The van der Waals surface area contributed by atoms with E-state index in [-0.39, 0.29) is 24.5 Å². The van der Waals surface area contributed by atoms with Crippen molar-refractivity contribution < 1.29 is 9.53 Å². The molecule has 0 N–H and O–H groups in total. The number of fused-ring (bicyclic) bond motifs is 2. The van der Waals surface area contributed by atoms with Gasteiger partial charge in [0.05, 0.1) is 30.8 Å². The molecule has 41 heavy (non-hydrogen) atoms. The monoisotopic (exact) mass is 553 g/mol. The number of piperazine rings is 1. The number of benzene rings is 2. The summed E-state index contributed by atoms with van der Waals surface area (Å²) in [4.78, 5) is 30.9. The number of carbonyl (C=O) groups is 1. The second kappa shape index (κ2) is 12.1. The molecule has 9 nitrogen and oxygen atoms in total. The maximum absolute atomic E-state index is 12.5. The van der Waals surface area contributed by atoms with Crippen LogP contribution in [-0.4, -0.2) is 84.6 Å². The highest BCUT2D eigenvalue weighted by Gasteiger charge is 2.33. The molecule has 2 aromatic carbocycles. The highest BCUT2D eigenvalue weighted by Crippen LogP contribution is 2.35. The molecule has 1 amide bonds. The summed E-state index contributed by atoms with van der Waals surface area (Å²) in [5.74, 6) is 0.710. The third kappa shape index (κ3) is 6.13. The summed E-state index contributed by atoms with van der Waals surface area (Å²) >= 11 is 0. The number of anilines is 2. The molecule has 0 aliphatic carbocycles. The number of aryl methyl sites for hydroxylation is 1. The van der Waals surface area contributed by atoms with Crippen LogP contribution in [0.3, 0.4) is 0 Å². The molecule has 2 aliphatic rings. The maximum atomic E-state index is 12.5. The predicted molar refractivity (Wildman–Crippen MR) is 162 cm³/mol. The minimum absolute atomic E-state index is 0.0929. The van der Waals surface area contributed by atoms with Gasteiger partial charge in [-0.2, -0.15) is 15.2 Å². The Labute approximate surface area is 242 Å². The first kappa shape index (κ1) is 28.4. The van der Waals surface area contributed by atoms with Gasteiger partial charge in [-0.3, -0.25) is 4.79 Å². The van der Waals surface area contributed by atoms with E-state index in [1.807, 2.05) is 21.0 Å². The van der Waals surface area contributed by atoms with E-state index in [0.717, 1.165) is 36.6 Å². The molecule has 0 radical (unpaired) electrons. The Morgan fingerprint density at radius 1 is 1.22 bits per heavy atom. The van der Waals surface area contributed by atoms with Crippen LogP contribution in [0.15, 0.2) is 49.1 Å². The molecule has 5 rings (SSSR count). The molecule has 2 aliphatic heterocycles. The molecule has 0 bridgehead atoms. The van der Waals surface area contributed by atoms with Gasteiger partial charge in [0.1, 0.15) is 11.9 Å². The number of likely N-dealkylation sites (N-methyl/N-ethyl adjacent to an activating group) is 1. The van der Waals surface area contributed by atoms with E-state index in [1.165, 1.54) is 28.1 Å². The Bertz CT molecular complexity index is 1480. The third-order valence-electron chi connectivity index (χ3n) is 7.84. The van der Waals surface area contributed by atoms with Gasteiger partial charge in [-0.25, -0.2) is 0 Å². The van der Waals surface area contributed by atoms with Crippen molar-refractivity contribution in [3.05, 3.63) is 65.9 Å². The highest BCUT2D eigenvalue weighted by molar-refractivity contribution is 5.95. The highest BCUT2D eigenvalue weighted by atomic mass is 16.5. The number of carbonyl (C=O) groups excluding carboxylic acids is 1. The second-order valence-corrected chi connectivity index (χ2v) is 11.3. The van der Waals surface area contributed by atoms with Gasteiger partial charge in [0.15, 0.2) is 0 Å². The van der Waals surface area contributed by atoms with E-state index in [9.17, 15) is 10.1 Å². The molecule has 214 valence electrons. The zero-order chi connectivity index (χ0) is 29.1. The molecule has 1 aromatic heterocycles. The summed E-state index contributed by atoms with van der Waals surface area (Å²) in [6.07, 6.45) is 2.27. The van der Waals surface area contributed by atoms with Crippen molar-refractivity contribution in [2.75, 3.05) is 56.6 Å². The standard InChI is InChI=1S/C32H39N7O2/c1-6-30(40)39-16-15-38(20-25(39)11-13-33)31-27-12-14-37(29-18-22(2)17-24-9-7-8-10-26(24)29)21-28(27)34-32(35-31)41-23(3)19-36(4)5/h6-10,17-18,23,25H,1,11-12,14-16,19-21H2,2-5H3/t23-,25?/m1/s1. The van der Waals surface area contributed by atoms with Gasteiger partial charge in [0, 0.05) is 49.4 Å². The number of nitriles is 1. The zero-order valence-corrected chi connectivity index (χ0v) is 24.5. The number of hydrogen-bond donors (Lipinski definition) is 0. The third-order valence-corrected chi connectivity index (χ3v) is 7.84. The van der Waals surface area contributed by atoms with Crippen LogP contribution in [0, 0.1) is 18.3 Å². The molecule has 0 spiro atoms. The average Bonchev–Trinajstić information content (AvgIpc) is 2.95. The largest absolute Gasteiger partial charge is 0.459 e. The first-order valence-electron chi connectivity index (χ1n) is 14.3. The lowest BCUT2D eigenvalue weighted by Gasteiger charge is -2.42. The summed E-state index contributed by atoms with van der Waals surface area (Å²) in [5, 5.41) is 12.0. The Hall–Kier alpha value is -4.16. The lowest BCUT2D eigenvalue weighted by molar-refractivity contribution is -0.128. The summed E-state index contributed by atoms with van der Waals surface area (Å²) in [6.45, 7) is 11.7. The van der Waals surface area contributed by atoms with E-state index in [1.54, 1.807) is 4.90 Å². The van der Waals surface area contributed by atoms with E-state index in [4.69, 9.17) is 14.7 Å². The topological polar surface area (TPSA) is 88.8 Å². The van der Waals surface area contributed by atoms with Crippen LogP contribution in [0.1, 0.15) is 30.2 Å². The molecular weight excluding hydrogens is 514 g/mol. The number of nitrogens with zero attached hydrogens (tertiary/aromatic N) is 7. The molecule has 9 heteroatoms. The van der Waals surface area contributed by atoms with Gasteiger partial charge in [0.2, 0.25) is 5.91 Å². The number of amides is 1. The fourth-order valence-corrected chi connectivity index (χ4v) is 6.07. The van der Waals surface area contributed by atoms with Crippen molar-refractivity contribution in [1.82, 2.24) is 19.8 Å². The lowest BCUT2D eigenvalue weighted by atomic mass is 10.00. The minimum atomic E-state index is -0.236. The average molecular weight is 554 g/mol. The second-order valence-electron chi connectivity index (χ2n) is 11.3. The summed E-state index contributed by atoms with van der Waals surface area (Å²) in [7, 11) is 4.03. The Balaban J connectivity index is 1.51. The molecule has 3 heterocycles. The van der Waals surface area contributed by atoms with E-state index < -0.39 is 0 Å². The van der Waals surface area contributed by atoms with Gasteiger partial charge in [-0.05, 0) is 57.5 Å². The zero-order valence-electron chi connectivity index (χ0n) is 24.5. The van der Waals surface area contributed by atoms with Gasteiger partial charge in [0.25, 0.3) is 0 Å². The first-order chi connectivity index (χ1) is 19.8. The quantitative estimate of drug-likeness (QED) is 0.388.